The van der Waals surface area contributed by atoms with Gasteiger partial charge in [-0.1, -0.05) is 29.8 Å². The summed E-state index contributed by atoms with van der Waals surface area (Å²) in [7, 11) is 0. The summed E-state index contributed by atoms with van der Waals surface area (Å²) in [5.74, 6) is -2.25. The summed E-state index contributed by atoms with van der Waals surface area (Å²) >= 11 is 5.93. The van der Waals surface area contributed by atoms with Gasteiger partial charge in [0, 0.05) is 23.6 Å². The maximum absolute atomic E-state index is 13.7. The highest BCUT2D eigenvalue weighted by atomic mass is 35.5. The van der Waals surface area contributed by atoms with E-state index < -0.39 is 23.5 Å². The van der Waals surface area contributed by atoms with E-state index in [4.69, 9.17) is 16.3 Å². The molecule has 6 nitrogen and oxygen atoms in total. The van der Waals surface area contributed by atoms with E-state index in [2.05, 4.69) is 4.98 Å². The Kier molecular flexibility index (Phi) is 5.92. The molecule has 1 saturated heterocycles. The summed E-state index contributed by atoms with van der Waals surface area (Å²) < 4.78 is 19.2. The van der Waals surface area contributed by atoms with E-state index in [1.54, 1.807) is 42.6 Å². The van der Waals surface area contributed by atoms with Crippen molar-refractivity contribution in [1.82, 2.24) is 4.98 Å². The third-order valence-corrected chi connectivity index (χ3v) is 5.33. The molecule has 3 aromatic rings. The smallest absolute Gasteiger partial charge is 0.300 e. The summed E-state index contributed by atoms with van der Waals surface area (Å²) in [6, 6.07) is 12.7. The molecular formula is C24H18ClFN2O4. The molecule has 32 heavy (non-hydrogen) atoms. The molecule has 162 valence electrons. The molecule has 1 fully saturated rings. The first-order valence-corrected chi connectivity index (χ1v) is 10.2. The lowest BCUT2D eigenvalue weighted by molar-refractivity contribution is -0.132. The number of pyridine rings is 1. The summed E-state index contributed by atoms with van der Waals surface area (Å²) in [6.07, 6.45) is 3.05. The number of nitrogens with zero attached hydrogens (tertiary/aromatic N) is 2. The van der Waals surface area contributed by atoms with E-state index in [1.165, 1.54) is 23.2 Å². The molecular weight excluding hydrogens is 435 g/mol. The molecule has 0 spiro atoms. The SMILES string of the molecule is CCOc1cccc(/C(O)=C2\C(=O)C(=O)N(c3ccc(F)c(Cl)c3)C2c2cccnc2)c1. The zero-order valence-corrected chi connectivity index (χ0v) is 17.7. The fourth-order valence-corrected chi connectivity index (χ4v) is 3.82. The molecule has 2 aromatic carbocycles. The quantitative estimate of drug-likeness (QED) is 0.338. The number of ketones is 1. The minimum atomic E-state index is -0.985. The number of aliphatic hydroxyl groups is 1. The Morgan fingerprint density at radius 1 is 1.19 bits per heavy atom. The maximum Gasteiger partial charge on any atom is 0.300 e. The molecule has 1 aliphatic rings. The van der Waals surface area contributed by atoms with Crippen molar-refractivity contribution < 1.29 is 23.8 Å². The minimum absolute atomic E-state index is 0.114. The largest absolute Gasteiger partial charge is 0.507 e. The Morgan fingerprint density at radius 2 is 2.00 bits per heavy atom. The van der Waals surface area contributed by atoms with Crippen molar-refractivity contribution in [2.24, 2.45) is 0 Å². The van der Waals surface area contributed by atoms with E-state index in [0.717, 1.165) is 6.07 Å². The molecule has 1 N–H and O–H groups in total. The van der Waals surface area contributed by atoms with Crippen molar-refractivity contribution in [3.05, 3.63) is 94.5 Å². The first-order valence-electron chi connectivity index (χ1n) is 9.81. The van der Waals surface area contributed by atoms with E-state index in [0.29, 0.717) is 23.5 Å². The van der Waals surface area contributed by atoms with Gasteiger partial charge in [-0.3, -0.25) is 19.5 Å². The van der Waals surface area contributed by atoms with Crippen molar-refractivity contribution >= 4 is 34.7 Å². The Labute approximate surface area is 188 Å². The van der Waals surface area contributed by atoms with Crippen LogP contribution in [0.1, 0.15) is 24.1 Å². The van der Waals surface area contributed by atoms with Crippen LogP contribution in [0.4, 0.5) is 10.1 Å². The minimum Gasteiger partial charge on any atom is -0.507 e. The fourth-order valence-electron chi connectivity index (χ4n) is 3.64. The van der Waals surface area contributed by atoms with Gasteiger partial charge in [0.05, 0.1) is 23.2 Å². The van der Waals surface area contributed by atoms with E-state index in [9.17, 15) is 19.1 Å². The third-order valence-electron chi connectivity index (χ3n) is 5.04. The van der Waals surface area contributed by atoms with Crippen LogP contribution < -0.4 is 9.64 Å². The van der Waals surface area contributed by atoms with Crippen molar-refractivity contribution in [1.29, 1.82) is 0 Å². The second kappa shape index (κ2) is 8.80. The Morgan fingerprint density at radius 3 is 2.69 bits per heavy atom. The zero-order valence-electron chi connectivity index (χ0n) is 17.0. The average Bonchev–Trinajstić information content (AvgIpc) is 3.07. The second-order valence-corrected chi connectivity index (χ2v) is 7.42. The lowest BCUT2D eigenvalue weighted by Crippen LogP contribution is -2.29. The van der Waals surface area contributed by atoms with Crippen LogP contribution in [0.2, 0.25) is 5.02 Å². The number of hydrogen-bond acceptors (Lipinski definition) is 5. The van der Waals surface area contributed by atoms with Gasteiger partial charge >= 0.3 is 0 Å². The van der Waals surface area contributed by atoms with Crippen LogP contribution >= 0.6 is 11.6 Å². The normalized spacial score (nSPS) is 17.6. The van der Waals surface area contributed by atoms with Crippen molar-refractivity contribution in [3.8, 4) is 5.75 Å². The van der Waals surface area contributed by atoms with Gasteiger partial charge in [0.15, 0.2) is 0 Å². The monoisotopic (exact) mass is 452 g/mol. The van der Waals surface area contributed by atoms with Crippen molar-refractivity contribution in [3.63, 3.8) is 0 Å². The first-order chi connectivity index (χ1) is 15.4. The van der Waals surface area contributed by atoms with Crippen LogP contribution in [0.3, 0.4) is 0 Å². The Hall–Kier alpha value is -3.71. The van der Waals surface area contributed by atoms with Crippen LogP contribution in [0, 0.1) is 5.82 Å². The Balaban J connectivity index is 1.92. The molecule has 8 heteroatoms. The Bertz CT molecular complexity index is 1230. The summed E-state index contributed by atoms with van der Waals surface area (Å²) in [5, 5.41) is 10.9. The van der Waals surface area contributed by atoms with E-state index >= 15 is 0 Å². The summed E-state index contributed by atoms with van der Waals surface area (Å²) in [6.45, 7) is 2.25. The molecule has 1 aromatic heterocycles. The lowest BCUT2D eigenvalue weighted by atomic mass is 9.96. The van der Waals surface area contributed by atoms with E-state index in [-0.39, 0.29) is 22.0 Å². The average molecular weight is 453 g/mol. The second-order valence-electron chi connectivity index (χ2n) is 7.01. The summed E-state index contributed by atoms with van der Waals surface area (Å²) in [5.41, 5.74) is 0.918. The first kappa shape index (κ1) is 21.5. The molecule has 1 atom stereocenters. The number of anilines is 1. The predicted molar refractivity (Wildman–Crippen MR) is 118 cm³/mol. The molecule has 1 unspecified atom stereocenters. The van der Waals surface area contributed by atoms with Gasteiger partial charge in [-0.05, 0) is 48.9 Å². The van der Waals surface area contributed by atoms with Gasteiger partial charge < -0.3 is 9.84 Å². The number of ether oxygens (including phenoxy) is 1. The lowest BCUT2D eigenvalue weighted by Gasteiger charge is -2.25. The number of benzene rings is 2. The fraction of sp³-hybridized carbons (Fsp3) is 0.125. The number of Topliss-reactive ketones (excluding diaryl/α,β-unsaturated/α-hetero) is 1. The maximum atomic E-state index is 13.7. The number of halogens is 2. The number of aliphatic hydroxyl groups excluding tert-OH is 1. The van der Waals surface area contributed by atoms with E-state index in [1.807, 2.05) is 6.92 Å². The number of carbonyl (C=O) groups excluding carboxylic acids is 2. The van der Waals surface area contributed by atoms with Crippen LogP contribution in [0.25, 0.3) is 5.76 Å². The number of carbonyl (C=O) groups is 2. The van der Waals surface area contributed by atoms with Crippen LogP contribution in [-0.4, -0.2) is 28.4 Å². The number of rotatable bonds is 5. The highest BCUT2D eigenvalue weighted by Crippen LogP contribution is 2.42. The molecule has 4 rings (SSSR count). The van der Waals surface area contributed by atoms with Gasteiger partial charge in [-0.2, -0.15) is 0 Å². The topological polar surface area (TPSA) is 79.7 Å². The van der Waals surface area contributed by atoms with Gasteiger partial charge in [-0.25, -0.2) is 4.39 Å². The zero-order chi connectivity index (χ0) is 22.8. The standard InChI is InChI=1S/C24H18ClFN2O4/c1-2-32-17-7-3-5-14(11-17)22(29)20-21(15-6-4-10-27-13-15)28(24(31)23(20)30)16-8-9-19(26)18(25)12-16/h3-13,21,29H,2H2,1H3/b22-20+. The molecule has 2 heterocycles. The number of aromatic nitrogens is 1. The van der Waals surface area contributed by atoms with Gasteiger partial charge in [-0.15, -0.1) is 0 Å². The van der Waals surface area contributed by atoms with Crippen molar-refractivity contribution in [2.45, 2.75) is 13.0 Å². The van der Waals surface area contributed by atoms with Gasteiger partial charge in [0.25, 0.3) is 11.7 Å². The predicted octanol–water partition coefficient (Wildman–Crippen LogP) is 4.90. The molecule has 1 aliphatic heterocycles. The molecule has 1 amide bonds. The van der Waals surface area contributed by atoms with Crippen LogP contribution in [0.5, 0.6) is 5.75 Å². The number of amides is 1. The molecule has 0 saturated carbocycles. The van der Waals surface area contributed by atoms with Gasteiger partial charge in [0.1, 0.15) is 17.3 Å². The molecule has 0 bridgehead atoms. The van der Waals surface area contributed by atoms with Crippen LogP contribution in [0.15, 0.2) is 72.6 Å². The molecule has 0 radical (unpaired) electrons. The molecule has 0 aliphatic carbocycles. The van der Waals surface area contributed by atoms with Crippen LogP contribution in [-0.2, 0) is 9.59 Å². The number of hydrogen-bond donors (Lipinski definition) is 1. The third kappa shape index (κ3) is 3.83. The van der Waals surface area contributed by atoms with Crippen molar-refractivity contribution in [2.75, 3.05) is 11.5 Å². The van der Waals surface area contributed by atoms with Gasteiger partial charge in [0.2, 0.25) is 0 Å². The highest BCUT2D eigenvalue weighted by molar-refractivity contribution is 6.51. The highest BCUT2D eigenvalue weighted by Gasteiger charge is 2.47. The summed E-state index contributed by atoms with van der Waals surface area (Å²) in [4.78, 5) is 31.4.